The molecule has 0 aliphatic heterocycles. The number of anilines is 1. The molecule has 1 fully saturated rings. The Bertz CT molecular complexity index is 1350. The van der Waals surface area contributed by atoms with Gasteiger partial charge < -0.3 is 15.6 Å². The molecule has 0 saturated heterocycles. The molecule has 10 heteroatoms. The molecule has 34 heavy (non-hydrogen) atoms. The number of aromatic nitrogens is 5. The highest BCUT2D eigenvalue weighted by molar-refractivity contribution is 9.10. The Labute approximate surface area is 204 Å². The van der Waals surface area contributed by atoms with Crippen LogP contribution >= 0.6 is 15.9 Å². The van der Waals surface area contributed by atoms with Gasteiger partial charge >= 0.3 is 5.97 Å². The number of hydrogen-bond acceptors (Lipinski definition) is 7. The van der Waals surface area contributed by atoms with Crippen molar-refractivity contribution in [2.24, 2.45) is 5.92 Å². The van der Waals surface area contributed by atoms with E-state index in [1.165, 1.54) is 0 Å². The van der Waals surface area contributed by atoms with Gasteiger partial charge in [-0.05, 0) is 53.7 Å². The molecule has 1 aliphatic rings. The van der Waals surface area contributed by atoms with Crippen LogP contribution in [0.15, 0.2) is 47.3 Å². The van der Waals surface area contributed by atoms with E-state index in [9.17, 15) is 9.90 Å². The highest BCUT2D eigenvalue weighted by atomic mass is 79.9. The van der Waals surface area contributed by atoms with Gasteiger partial charge in [-0.1, -0.05) is 6.07 Å². The molecular formula is C24H23BrN6O3. The quantitative estimate of drug-likeness (QED) is 0.390. The number of halogens is 1. The molecule has 3 N–H and O–H groups in total. The number of carboxylic acid groups (broad SMARTS) is 1. The maximum atomic E-state index is 11.3. The smallest absolute Gasteiger partial charge is 0.306 e. The second kappa shape index (κ2) is 9.02. The van der Waals surface area contributed by atoms with Crippen molar-refractivity contribution in [3.8, 4) is 28.3 Å². The summed E-state index contributed by atoms with van der Waals surface area (Å²) in [6.07, 6.45) is 8.03. The third-order valence-corrected chi connectivity index (χ3v) is 7.24. The summed E-state index contributed by atoms with van der Waals surface area (Å²) in [5.41, 5.74) is 11.3. The zero-order chi connectivity index (χ0) is 23.8. The van der Waals surface area contributed by atoms with Crippen LogP contribution in [0.3, 0.4) is 0 Å². The Kier molecular flexibility index (Phi) is 5.91. The van der Waals surface area contributed by atoms with Gasteiger partial charge in [0.15, 0.2) is 5.65 Å². The lowest BCUT2D eigenvalue weighted by Gasteiger charge is -2.26. The molecule has 0 unspecified atom stereocenters. The monoisotopic (exact) mass is 522 g/mol. The Hall–Kier alpha value is -3.53. The van der Waals surface area contributed by atoms with Gasteiger partial charge in [-0.15, -0.1) is 0 Å². The summed E-state index contributed by atoms with van der Waals surface area (Å²) in [4.78, 5) is 25.1. The van der Waals surface area contributed by atoms with Crippen molar-refractivity contribution in [3.05, 3.63) is 53.0 Å². The van der Waals surface area contributed by atoms with Crippen molar-refractivity contribution >= 4 is 33.4 Å². The van der Waals surface area contributed by atoms with Crippen molar-refractivity contribution in [3.63, 3.8) is 0 Å². The van der Waals surface area contributed by atoms with E-state index in [0.29, 0.717) is 34.7 Å². The van der Waals surface area contributed by atoms with Crippen LogP contribution in [0.4, 0.5) is 5.82 Å². The number of hydrogen-bond donors (Lipinski definition) is 2. The molecule has 4 aromatic rings. The Balaban J connectivity index is 1.48. The summed E-state index contributed by atoms with van der Waals surface area (Å²) < 4.78 is 7.45. The van der Waals surface area contributed by atoms with Gasteiger partial charge in [0, 0.05) is 41.1 Å². The number of aliphatic carboxylic acids is 1. The Morgan fingerprint density at radius 1 is 1.09 bits per heavy atom. The van der Waals surface area contributed by atoms with Gasteiger partial charge in [0.25, 0.3) is 0 Å². The first-order valence-electron chi connectivity index (χ1n) is 11.0. The molecule has 0 aromatic carbocycles. The minimum Gasteiger partial charge on any atom is -0.481 e. The number of pyridine rings is 2. The van der Waals surface area contributed by atoms with E-state index >= 15 is 0 Å². The van der Waals surface area contributed by atoms with Crippen molar-refractivity contribution in [2.75, 3.05) is 12.8 Å². The van der Waals surface area contributed by atoms with Gasteiger partial charge in [-0.25, -0.2) is 9.97 Å². The van der Waals surface area contributed by atoms with Gasteiger partial charge in [0.2, 0.25) is 5.88 Å². The fraction of sp³-hybridized carbons (Fsp3) is 0.292. The first kappa shape index (κ1) is 22.3. The van der Waals surface area contributed by atoms with Gasteiger partial charge in [-0.3, -0.25) is 9.78 Å². The molecular weight excluding hydrogens is 500 g/mol. The fourth-order valence-corrected chi connectivity index (χ4v) is 5.06. The third-order valence-electron chi connectivity index (χ3n) is 6.43. The number of nitrogens with two attached hydrogens (primary N) is 1. The van der Waals surface area contributed by atoms with Gasteiger partial charge in [0.1, 0.15) is 5.82 Å². The number of rotatable bonds is 5. The molecule has 0 radical (unpaired) electrons. The molecule has 9 nitrogen and oxygen atoms in total. The Morgan fingerprint density at radius 2 is 1.82 bits per heavy atom. The lowest BCUT2D eigenvalue weighted by atomic mass is 9.80. The van der Waals surface area contributed by atoms with E-state index in [1.54, 1.807) is 36.3 Å². The average molecular weight is 523 g/mol. The van der Waals surface area contributed by atoms with E-state index in [2.05, 4.69) is 31.0 Å². The maximum Gasteiger partial charge on any atom is 0.306 e. The van der Waals surface area contributed by atoms with Crippen molar-refractivity contribution in [1.29, 1.82) is 0 Å². The van der Waals surface area contributed by atoms with E-state index < -0.39 is 5.97 Å². The number of nitrogen functional groups attached to an aromatic ring is 1. The minimum absolute atomic E-state index is 0.142. The predicted molar refractivity (Wildman–Crippen MR) is 130 cm³/mol. The number of fused-ring (bicyclic) bond motifs is 1. The molecule has 0 spiro atoms. The molecule has 0 bridgehead atoms. The molecule has 5 rings (SSSR count). The number of carbonyl (C=O) groups is 1. The molecule has 1 saturated carbocycles. The average Bonchev–Trinajstić information content (AvgIpc) is 3.30. The van der Waals surface area contributed by atoms with Crippen molar-refractivity contribution in [1.82, 2.24) is 24.6 Å². The van der Waals surface area contributed by atoms with Gasteiger partial charge in [-0.2, -0.15) is 9.61 Å². The normalized spacial score (nSPS) is 18.2. The standard InChI is InChI=1S/C24H23BrN6O3/c1-34-19-9-7-16(11-28-19)18-8-6-15(10-27-18)17-12-29-31-22(26)20(25)21(30-23(17)31)13-2-4-14(5-3-13)24(32)33/h6-14H,2-5,26H2,1H3,(H,32,33). The molecule has 0 atom stereocenters. The summed E-state index contributed by atoms with van der Waals surface area (Å²) >= 11 is 3.60. The molecule has 0 amide bonds. The maximum absolute atomic E-state index is 11.3. The lowest BCUT2D eigenvalue weighted by molar-refractivity contribution is -0.142. The summed E-state index contributed by atoms with van der Waals surface area (Å²) in [6, 6.07) is 7.61. The highest BCUT2D eigenvalue weighted by Gasteiger charge is 2.30. The zero-order valence-corrected chi connectivity index (χ0v) is 20.1. The lowest BCUT2D eigenvalue weighted by Crippen LogP contribution is -2.21. The first-order valence-corrected chi connectivity index (χ1v) is 11.8. The summed E-state index contributed by atoms with van der Waals surface area (Å²) in [5.74, 6) is 0.157. The molecule has 4 aromatic heterocycles. The fourth-order valence-electron chi connectivity index (χ4n) is 4.48. The largest absolute Gasteiger partial charge is 0.481 e. The summed E-state index contributed by atoms with van der Waals surface area (Å²) in [5, 5.41) is 13.8. The summed E-state index contributed by atoms with van der Waals surface area (Å²) in [6.45, 7) is 0. The second-order valence-corrected chi connectivity index (χ2v) is 9.19. The predicted octanol–water partition coefficient (Wildman–Crippen LogP) is 4.57. The number of nitrogens with zero attached hydrogens (tertiary/aromatic N) is 5. The van der Waals surface area contributed by atoms with Crippen molar-refractivity contribution < 1.29 is 14.6 Å². The van der Waals surface area contributed by atoms with Crippen LogP contribution in [-0.2, 0) is 4.79 Å². The highest BCUT2D eigenvalue weighted by Crippen LogP contribution is 2.40. The number of carboxylic acids is 1. The van der Waals surface area contributed by atoms with Crippen LogP contribution in [-0.4, -0.2) is 42.8 Å². The zero-order valence-electron chi connectivity index (χ0n) is 18.5. The van der Waals surface area contributed by atoms with E-state index in [0.717, 1.165) is 40.9 Å². The third kappa shape index (κ3) is 3.98. The van der Waals surface area contributed by atoms with Crippen LogP contribution in [0, 0.1) is 5.92 Å². The number of methoxy groups -OCH3 is 1. The molecule has 174 valence electrons. The topological polar surface area (TPSA) is 129 Å². The van der Waals surface area contributed by atoms with Gasteiger partial charge in [0.05, 0.1) is 35.1 Å². The molecule has 4 heterocycles. The SMILES string of the molecule is COc1ccc(-c2ccc(-c3cnn4c(N)c(Br)c(C5CCC(C(=O)O)CC5)nc34)cn2)cn1. The summed E-state index contributed by atoms with van der Waals surface area (Å²) in [7, 11) is 1.58. The van der Waals surface area contributed by atoms with Crippen molar-refractivity contribution in [2.45, 2.75) is 31.6 Å². The first-order chi connectivity index (χ1) is 16.5. The van der Waals surface area contributed by atoms with E-state index in [4.69, 9.17) is 15.5 Å². The van der Waals surface area contributed by atoms with Crippen LogP contribution in [0.5, 0.6) is 5.88 Å². The minimum atomic E-state index is -0.722. The van der Waals surface area contributed by atoms with Crippen LogP contribution < -0.4 is 10.5 Å². The van der Waals surface area contributed by atoms with E-state index in [-0.39, 0.29) is 11.8 Å². The van der Waals surface area contributed by atoms with E-state index in [1.807, 2.05) is 18.2 Å². The number of ether oxygens (including phenoxy) is 1. The Morgan fingerprint density at radius 3 is 2.44 bits per heavy atom. The van der Waals surface area contributed by atoms with Crippen LogP contribution in [0.25, 0.3) is 28.0 Å². The second-order valence-electron chi connectivity index (χ2n) is 8.40. The molecule has 1 aliphatic carbocycles. The van der Waals surface area contributed by atoms with Crippen LogP contribution in [0.1, 0.15) is 37.3 Å². The van der Waals surface area contributed by atoms with Crippen LogP contribution in [0.2, 0.25) is 0 Å².